The van der Waals surface area contributed by atoms with E-state index in [1.165, 1.54) is 82.7 Å². The second-order valence-corrected chi connectivity index (χ2v) is 11.3. The first-order valence-electron chi connectivity index (χ1n) is 13.6. The van der Waals surface area contributed by atoms with Crippen molar-refractivity contribution in [3.63, 3.8) is 0 Å². The van der Waals surface area contributed by atoms with Crippen LogP contribution in [0.25, 0.3) is 60.8 Å². The van der Waals surface area contributed by atoms with Crippen molar-refractivity contribution >= 4 is 72.7 Å². The van der Waals surface area contributed by atoms with Crippen molar-refractivity contribution in [1.29, 1.82) is 0 Å². The molecular weight excluding hydrogens is 463 g/mol. The molecule has 10 rings (SSSR count). The van der Waals surface area contributed by atoms with Gasteiger partial charge in [0.05, 0.1) is 11.0 Å². The van der Waals surface area contributed by atoms with E-state index in [9.17, 15) is 0 Å². The minimum atomic E-state index is 0.269. The third kappa shape index (κ3) is 2.00. The number of imidazole rings is 1. The summed E-state index contributed by atoms with van der Waals surface area (Å²) in [5.74, 6) is 0. The summed E-state index contributed by atoms with van der Waals surface area (Å²) in [4.78, 5) is 0. The van der Waals surface area contributed by atoms with Gasteiger partial charge in [0.25, 0.3) is 6.71 Å². The third-order valence-corrected chi connectivity index (χ3v) is 9.59. The fourth-order valence-electron chi connectivity index (χ4n) is 7.91. The van der Waals surface area contributed by atoms with Crippen LogP contribution in [-0.2, 0) is 0 Å². The summed E-state index contributed by atoms with van der Waals surface area (Å²) in [5, 5.41) is 3.73. The summed E-state index contributed by atoms with van der Waals surface area (Å²) >= 11 is 0. The second-order valence-electron chi connectivity index (χ2n) is 11.3. The zero-order valence-corrected chi connectivity index (χ0v) is 21.3. The molecule has 0 fully saturated rings. The molecule has 38 heavy (non-hydrogen) atoms. The largest absolute Gasteiger partial charge is 0.454 e. The van der Waals surface area contributed by atoms with E-state index in [2.05, 4.69) is 102 Å². The molecule has 3 aromatic heterocycles. The summed E-state index contributed by atoms with van der Waals surface area (Å²) in [7, 11) is 0. The summed E-state index contributed by atoms with van der Waals surface area (Å²) in [6.07, 6.45) is 7.03. The number of hydrogen-bond acceptors (Lipinski definition) is 1. The molecule has 1 aliphatic carbocycles. The number of para-hydroxylation sites is 1. The van der Waals surface area contributed by atoms with Crippen LogP contribution in [0.5, 0.6) is 0 Å². The van der Waals surface area contributed by atoms with Crippen LogP contribution in [0.2, 0.25) is 0 Å². The molecule has 0 bridgehead atoms. The third-order valence-electron chi connectivity index (χ3n) is 9.59. The molecule has 0 N–H and O–H groups in total. The highest BCUT2D eigenvalue weighted by atomic mass is 16.3. The zero-order valence-electron chi connectivity index (χ0n) is 21.3. The molecule has 0 atom stereocenters. The molecule has 0 radical (unpaired) electrons. The van der Waals surface area contributed by atoms with Gasteiger partial charge in [-0.05, 0) is 89.5 Å². The monoisotopic (exact) mass is 486 g/mol. The number of benzene rings is 4. The first kappa shape index (κ1) is 19.6. The Labute approximate surface area is 219 Å². The van der Waals surface area contributed by atoms with E-state index in [-0.39, 0.29) is 6.71 Å². The Morgan fingerprint density at radius 3 is 2.66 bits per heavy atom. The van der Waals surface area contributed by atoms with Crippen LogP contribution >= 0.6 is 0 Å². The number of fused-ring (bicyclic) bond motifs is 14. The average molecular weight is 486 g/mol. The van der Waals surface area contributed by atoms with E-state index >= 15 is 0 Å². The lowest BCUT2D eigenvalue weighted by molar-refractivity contribution is 0.671. The van der Waals surface area contributed by atoms with E-state index < -0.39 is 0 Å². The highest BCUT2D eigenvalue weighted by molar-refractivity contribution is 6.98. The van der Waals surface area contributed by atoms with Gasteiger partial charge in [-0.25, -0.2) is 0 Å². The smallest absolute Gasteiger partial charge is 0.250 e. The van der Waals surface area contributed by atoms with Crippen LogP contribution in [0.3, 0.4) is 0 Å². The molecule has 0 spiro atoms. The maximum Gasteiger partial charge on any atom is 0.250 e. The molecular formula is C34H23BN2O. The van der Waals surface area contributed by atoms with Gasteiger partial charge in [0, 0.05) is 16.5 Å². The Hall–Kier alpha value is -4.44. The molecule has 4 heteroatoms. The number of hydrogen-bond donors (Lipinski definition) is 0. The van der Waals surface area contributed by atoms with Gasteiger partial charge in [-0.3, -0.25) is 8.97 Å². The fraction of sp³-hybridized carbons (Fsp3) is 0.118. The van der Waals surface area contributed by atoms with Gasteiger partial charge in [0.1, 0.15) is 16.7 Å². The molecule has 2 aliphatic heterocycles. The molecule has 0 saturated carbocycles. The van der Waals surface area contributed by atoms with Crippen LogP contribution in [0.1, 0.15) is 29.5 Å². The van der Waals surface area contributed by atoms with Crippen molar-refractivity contribution in [1.82, 2.24) is 8.97 Å². The van der Waals surface area contributed by atoms with Gasteiger partial charge < -0.3 is 4.42 Å². The standard InChI is InChI=1S/C34H23BN2O/c1-18-14-15-24-30-34-36(26-12-7-10-22-20-8-3-5-11-25(20)35(30)29(22)26)32-27(37(34)31(24)19(18)2)17-16-23-21-9-4-6-13-28(21)38-33(23)32/h4-7,9-17H,3,8H2,1-2H3. The quantitative estimate of drug-likeness (QED) is 0.209. The van der Waals surface area contributed by atoms with E-state index in [0.717, 1.165) is 24.0 Å². The van der Waals surface area contributed by atoms with Crippen molar-refractivity contribution in [3.8, 4) is 5.69 Å². The molecule has 5 heterocycles. The lowest BCUT2D eigenvalue weighted by Crippen LogP contribution is -2.47. The summed E-state index contributed by atoms with van der Waals surface area (Å²) < 4.78 is 11.7. The average Bonchev–Trinajstić information content (AvgIpc) is 3.67. The van der Waals surface area contributed by atoms with Crippen molar-refractivity contribution in [2.75, 3.05) is 0 Å². The molecule has 3 nitrogen and oxygen atoms in total. The second kappa shape index (κ2) is 6.34. The number of furan rings is 1. The number of rotatable bonds is 0. The van der Waals surface area contributed by atoms with Crippen LogP contribution in [0, 0.1) is 13.8 Å². The lowest BCUT2D eigenvalue weighted by Gasteiger charge is -2.23. The van der Waals surface area contributed by atoms with E-state index in [1.807, 2.05) is 0 Å². The predicted molar refractivity (Wildman–Crippen MR) is 159 cm³/mol. The summed E-state index contributed by atoms with van der Waals surface area (Å²) in [5.41, 5.74) is 18.3. The lowest BCUT2D eigenvalue weighted by atomic mass is 9.36. The minimum absolute atomic E-state index is 0.269. The molecule has 178 valence electrons. The van der Waals surface area contributed by atoms with E-state index in [0.29, 0.717) is 0 Å². The Morgan fingerprint density at radius 1 is 0.816 bits per heavy atom. The van der Waals surface area contributed by atoms with E-state index in [1.54, 1.807) is 0 Å². The van der Waals surface area contributed by atoms with Crippen LogP contribution in [0.4, 0.5) is 0 Å². The van der Waals surface area contributed by atoms with Crippen molar-refractivity contribution in [2.45, 2.75) is 26.7 Å². The molecule has 3 aliphatic rings. The van der Waals surface area contributed by atoms with Gasteiger partial charge in [-0.1, -0.05) is 60.1 Å². The van der Waals surface area contributed by atoms with Gasteiger partial charge in [-0.2, -0.15) is 0 Å². The maximum absolute atomic E-state index is 6.66. The van der Waals surface area contributed by atoms with Gasteiger partial charge in [-0.15, -0.1) is 0 Å². The molecule has 4 aromatic carbocycles. The van der Waals surface area contributed by atoms with Crippen LogP contribution in [-0.4, -0.2) is 15.7 Å². The van der Waals surface area contributed by atoms with Crippen LogP contribution in [0.15, 0.2) is 88.8 Å². The van der Waals surface area contributed by atoms with Gasteiger partial charge >= 0.3 is 0 Å². The van der Waals surface area contributed by atoms with Crippen molar-refractivity contribution in [2.24, 2.45) is 0 Å². The summed E-state index contributed by atoms with van der Waals surface area (Å²) in [6, 6.07) is 24.6. The Morgan fingerprint density at radius 2 is 1.71 bits per heavy atom. The predicted octanol–water partition coefficient (Wildman–Crippen LogP) is 7.13. The molecule has 0 unspecified atom stereocenters. The number of allylic oxidation sites excluding steroid dienone is 4. The topological polar surface area (TPSA) is 22.5 Å². The Kier molecular flexibility index (Phi) is 3.28. The highest BCUT2D eigenvalue weighted by Gasteiger charge is 2.44. The Bertz CT molecular complexity index is 2320. The SMILES string of the molecule is Cc1ccc2c3c4n(c5c6oc7ccccc7c6ccc5n4c2c1C)-c1cccc2c1B3C1=C2CCC=C1. The zero-order chi connectivity index (χ0) is 24.9. The van der Waals surface area contributed by atoms with Crippen molar-refractivity contribution < 1.29 is 4.42 Å². The first-order valence-corrected chi connectivity index (χ1v) is 13.6. The van der Waals surface area contributed by atoms with Crippen molar-refractivity contribution in [3.05, 3.63) is 101 Å². The first-order chi connectivity index (χ1) is 18.7. The van der Waals surface area contributed by atoms with E-state index in [4.69, 9.17) is 4.42 Å². The number of aromatic nitrogens is 2. The minimum Gasteiger partial charge on any atom is -0.454 e. The highest BCUT2D eigenvalue weighted by Crippen LogP contribution is 2.44. The fourth-order valence-corrected chi connectivity index (χ4v) is 7.91. The molecule has 7 aromatic rings. The molecule has 0 saturated heterocycles. The van der Waals surface area contributed by atoms with Gasteiger partial charge in [0.2, 0.25) is 0 Å². The molecule has 0 amide bonds. The maximum atomic E-state index is 6.66. The number of nitrogens with zero attached hydrogens (tertiary/aromatic N) is 2. The normalized spacial score (nSPS) is 15.7. The van der Waals surface area contributed by atoms with Crippen LogP contribution < -0.4 is 10.9 Å². The Balaban J connectivity index is 1.53. The summed E-state index contributed by atoms with van der Waals surface area (Å²) in [6.45, 7) is 4.79. The van der Waals surface area contributed by atoms with Gasteiger partial charge in [0.15, 0.2) is 5.58 Å². The number of aryl methyl sites for hydroxylation is 2.